The minimum Gasteiger partial charge on any atom is -0.336 e. The Labute approximate surface area is 166 Å². The number of carbonyl (C=O) groups is 1. The van der Waals surface area contributed by atoms with Gasteiger partial charge in [-0.25, -0.2) is 9.78 Å². The Morgan fingerprint density at radius 1 is 0.893 bits per heavy atom. The number of hydrogen-bond donors (Lipinski definition) is 2. The zero-order chi connectivity index (χ0) is 20.1. The minimum atomic E-state index is -0.322. The SMILES string of the molecule is CC(C)c1ccc(C(C)NC(=O)NC(c2ccccc2)c2nccn2C)cc1. The molecule has 1 heterocycles. The Hall–Kier alpha value is -3.08. The number of aromatic nitrogens is 2. The van der Waals surface area contributed by atoms with Crippen molar-refractivity contribution < 1.29 is 4.79 Å². The standard InChI is InChI=1S/C23H28N4O/c1-16(2)18-10-12-19(13-11-18)17(3)25-23(28)26-21(20-8-6-5-7-9-20)22-24-14-15-27(22)4/h5-17,21H,1-4H3,(H2,25,26,28). The summed E-state index contributed by atoms with van der Waals surface area (Å²) in [6, 6.07) is 17.6. The van der Waals surface area contributed by atoms with Gasteiger partial charge in [0.15, 0.2) is 0 Å². The summed E-state index contributed by atoms with van der Waals surface area (Å²) in [7, 11) is 1.93. The molecule has 0 bridgehead atoms. The van der Waals surface area contributed by atoms with E-state index in [1.807, 2.05) is 55.1 Å². The van der Waals surface area contributed by atoms with E-state index in [-0.39, 0.29) is 18.1 Å². The quantitative estimate of drug-likeness (QED) is 0.655. The fourth-order valence-corrected chi connectivity index (χ4v) is 3.22. The molecule has 0 aliphatic carbocycles. The van der Waals surface area contributed by atoms with Crippen LogP contribution < -0.4 is 10.6 Å². The highest BCUT2D eigenvalue weighted by molar-refractivity contribution is 5.75. The van der Waals surface area contributed by atoms with Gasteiger partial charge in [0.1, 0.15) is 11.9 Å². The summed E-state index contributed by atoms with van der Waals surface area (Å²) >= 11 is 0. The lowest BCUT2D eigenvalue weighted by Gasteiger charge is -2.22. The van der Waals surface area contributed by atoms with Crippen molar-refractivity contribution in [3.05, 3.63) is 89.5 Å². The first-order chi connectivity index (χ1) is 13.5. The monoisotopic (exact) mass is 376 g/mol. The maximum absolute atomic E-state index is 12.7. The fraction of sp³-hybridized carbons (Fsp3) is 0.304. The van der Waals surface area contributed by atoms with E-state index in [2.05, 4.69) is 53.7 Å². The summed E-state index contributed by atoms with van der Waals surface area (Å²) in [6.07, 6.45) is 3.62. The molecule has 2 aromatic carbocycles. The van der Waals surface area contributed by atoms with E-state index < -0.39 is 0 Å². The Kier molecular flexibility index (Phi) is 6.14. The average molecular weight is 377 g/mol. The number of hydrogen-bond acceptors (Lipinski definition) is 2. The molecule has 0 radical (unpaired) electrons. The average Bonchev–Trinajstić information content (AvgIpc) is 3.12. The van der Waals surface area contributed by atoms with Crippen molar-refractivity contribution in [1.29, 1.82) is 0 Å². The van der Waals surface area contributed by atoms with Gasteiger partial charge in [-0.1, -0.05) is 68.4 Å². The van der Waals surface area contributed by atoms with E-state index in [0.29, 0.717) is 5.92 Å². The predicted molar refractivity (Wildman–Crippen MR) is 112 cm³/mol. The molecule has 2 atom stereocenters. The highest BCUT2D eigenvalue weighted by Crippen LogP contribution is 2.21. The number of rotatable bonds is 6. The summed E-state index contributed by atoms with van der Waals surface area (Å²) < 4.78 is 1.92. The number of aryl methyl sites for hydroxylation is 1. The molecule has 0 saturated carbocycles. The van der Waals surface area contributed by atoms with Gasteiger partial charge in [0, 0.05) is 19.4 Å². The van der Waals surface area contributed by atoms with Crippen LogP contribution in [0, 0.1) is 0 Å². The fourth-order valence-electron chi connectivity index (χ4n) is 3.22. The van der Waals surface area contributed by atoms with Crippen LogP contribution in [0.4, 0.5) is 4.79 Å². The zero-order valence-electron chi connectivity index (χ0n) is 16.9. The number of imidazole rings is 1. The Morgan fingerprint density at radius 2 is 1.54 bits per heavy atom. The van der Waals surface area contributed by atoms with E-state index in [1.54, 1.807) is 6.20 Å². The third-order valence-electron chi connectivity index (χ3n) is 4.98. The molecule has 0 aliphatic heterocycles. The van der Waals surface area contributed by atoms with Gasteiger partial charge in [-0.3, -0.25) is 0 Å². The molecule has 28 heavy (non-hydrogen) atoms. The Balaban J connectivity index is 1.72. The third kappa shape index (κ3) is 4.60. The third-order valence-corrected chi connectivity index (χ3v) is 4.98. The van der Waals surface area contributed by atoms with Crippen LogP contribution in [0.3, 0.4) is 0 Å². The molecule has 0 fully saturated rings. The molecule has 0 saturated heterocycles. The molecular formula is C23H28N4O. The molecule has 146 valence electrons. The van der Waals surface area contributed by atoms with Crippen LogP contribution in [0.15, 0.2) is 67.0 Å². The molecule has 0 aliphatic rings. The second-order valence-electron chi connectivity index (χ2n) is 7.40. The molecule has 3 rings (SSSR count). The van der Waals surface area contributed by atoms with Crippen LogP contribution in [0.2, 0.25) is 0 Å². The van der Waals surface area contributed by atoms with Gasteiger partial charge in [0.2, 0.25) is 0 Å². The largest absolute Gasteiger partial charge is 0.336 e. The van der Waals surface area contributed by atoms with Crippen LogP contribution in [0.25, 0.3) is 0 Å². The summed E-state index contributed by atoms with van der Waals surface area (Å²) in [5.41, 5.74) is 3.35. The van der Waals surface area contributed by atoms with E-state index >= 15 is 0 Å². The van der Waals surface area contributed by atoms with E-state index in [0.717, 1.165) is 17.0 Å². The molecule has 1 aromatic heterocycles. The van der Waals surface area contributed by atoms with Gasteiger partial charge in [-0.05, 0) is 29.5 Å². The molecule has 2 amide bonds. The number of nitrogens with zero attached hydrogens (tertiary/aromatic N) is 2. The van der Waals surface area contributed by atoms with Crippen molar-refractivity contribution >= 4 is 6.03 Å². The van der Waals surface area contributed by atoms with E-state index in [9.17, 15) is 4.79 Å². The lowest BCUT2D eigenvalue weighted by atomic mass is 10.00. The number of urea groups is 1. The van der Waals surface area contributed by atoms with Gasteiger partial charge in [0.05, 0.1) is 6.04 Å². The van der Waals surface area contributed by atoms with Crippen LogP contribution >= 0.6 is 0 Å². The number of nitrogens with one attached hydrogen (secondary N) is 2. The highest BCUT2D eigenvalue weighted by Gasteiger charge is 2.21. The molecule has 2 N–H and O–H groups in total. The Morgan fingerprint density at radius 3 is 2.11 bits per heavy atom. The molecule has 2 unspecified atom stereocenters. The maximum atomic E-state index is 12.7. The molecular weight excluding hydrogens is 348 g/mol. The van der Waals surface area contributed by atoms with Crippen LogP contribution in [0.1, 0.15) is 61.3 Å². The van der Waals surface area contributed by atoms with Crippen LogP contribution in [0.5, 0.6) is 0 Å². The Bertz CT molecular complexity index is 900. The topological polar surface area (TPSA) is 59.0 Å². The van der Waals surface area contributed by atoms with Gasteiger partial charge in [-0.15, -0.1) is 0 Å². The van der Waals surface area contributed by atoms with Crippen molar-refractivity contribution in [1.82, 2.24) is 20.2 Å². The van der Waals surface area contributed by atoms with Gasteiger partial charge in [0.25, 0.3) is 0 Å². The first-order valence-electron chi connectivity index (χ1n) is 9.64. The van der Waals surface area contributed by atoms with Crippen molar-refractivity contribution in [2.75, 3.05) is 0 Å². The van der Waals surface area contributed by atoms with Crippen molar-refractivity contribution in [3.63, 3.8) is 0 Å². The van der Waals surface area contributed by atoms with Crippen molar-refractivity contribution in [2.24, 2.45) is 7.05 Å². The first-order valence-corrected chi connectivity index (χ1v) is 9.64. The molecule has 5 nitrogen and oxygen atoms in total. The molecule has 3 aromatic rings. The number of carbonyl (C=O) groups excluding carboxylic acids is 1. The maximum Gasteiger partial charge on any atom is 0.316 e. The lowest BCUT2D eigenvalue weighted by molar-refractivity contribution is 0.235. The van der Waals surface area contributed by atoms with Crippen molar-refractivity contribution in [2.45, 2.75) is 38.8 Å². The van der Waals surface area contributed by atoms with Gasteiger partial charge >= 0.3 is 6.03 Å². The number of amides is 2. The lowest BCUT2D eigenvalue weighted by Crippen LogP contribution is -2.40. The van der Waals surface area contributed by atoms with Crippen molar-refractivity contribution in [3.8, 4) is 0 Å². The van der Waals surface area contributed by atoms with Gasteiger partial charge < -0.3 is 15.2 Å². The zero-order valence-corrected chi connectivity index (χ0v) is 16.9. The number of benzene rings is 2. The van der Waals surface area contributed by atoms with Gasteiger partial charge in [-0.2, -0.15) is 0 Å². The minimum absolute atomic E-state index is 0.0981. The molecule has 0 spiro atoms. The summed E-state index contributed by atoms with van der Waals surface area (Å²) in [5.74, 6) is 1.28. The predicted octanol–water partition coefficient (Wildman–Crippen LogP) is 4.69. The van der Waals surface area contributed by atoms with Crippen LogP contribution in [-0.2, 0) is 7.05 Å². The normalized spacial score (nSPS) is 13.2. The summed E-state index contributed by atoms with van der Waals surface area (Å²) in [6.45, 7) is 6.33. The summed E-state index contributed by atoms with van der Waals surface area (Å²) in [5, 5.41) is 6.11. The molecule has 5 heteroatoms. The smallest absolute Gasteiger partial charge is 0.316 e. The second kappa shape index (κ2) is 8.74. The van der Waals surface area contributed by atoms with E-state index in [4.69, 9.17) is 0 Å². The summed E-state index contributed by atoms with van der Waals surface area (Å²) in [4.78, 5) is 17.2. The first kappa shape index (κ1) is 19.7. The second-order valence-corrected chi connectivity index (χ2v) is 7.40. The van der Waals surface area contributed by atoms with Crippen LogP contribution in [-0.4, -0.2) is 15.6 Å². The van der Waals surface area contributed by atoms with E-state index in [1.165, 1.54) is 5.56 Å². The highest BCUT2D eigenvalue weighted by atomic mass is 16.2.